The first-order valence-electron chi connectivity index (χ1n) is 7.45. The van der Waals surface area contributed by atoms with Gasteiger partial charge in [0.2, 0.25) is 0 Å². The van der Waals surface area contributed by atoms with E-state index in [-0.39, 0.29) is 5.54 Å². The molecule has 2 N–H and O–H groups in total. The van der Waals surface area contributed by atoms with Gasteiger partial charge in [0.05, 0.1) is 0 Å². The molecular weight excluding hydrogens is 236 g/mol. The van der Waals surface area contributed by atoms with Crippen LogP contribution >= 0.6 is 0 Å². The van der Waals surface area contributed by atoms with Gasteiger partial charge in [0.1, 0.15) is 17.5 Å². The van der Waals surface area contributed by atoms with Crippen LogP contribution in [-0.2, 0) is 0 Å². The number of nitrogens with one attached hydrogen (secondary N) is 2. The zero-order valence-corrected chi connectivity index (χ0v) is 12.6. The third kappa shape index (κ3) is 4.08. The van der Waals surface area contributed by atoms with Gasteiger partial charge >= 0.3 is 0 Å². The summed E-state index contributed by atoms with van der Waals surface area (Å²) >= 11 is 0. The number of hydrogen-bond donors (Lipinski definition) is 2. The van der Waals surface area contributed by atoms with E-state index in [0.29, 0.717) is 5.92 Å². The fourth-order valence-corrected chi connectivity index (χ4v) is 2.36. The van der Waals surface area contributed by atoms with E-state index in [0.717, 1.165) is 30.4 Å². The molecule has 1 aromatic heterocycles. The molecule has 1 saturated carbocycles. The van der Waals surface area contributed by atoms with Crippen molar-refractivity contribution < 1.29 is 0 Å². The van der Waals surface area contributed by atoms with E-state index in [2.05, 4.69) is 48.3 Å². The number of aromatic nitrogens is 2. The summed E-state index contributed by atoms with van der Waals surface area (Å²) in [5.74, 6) is 3.46. The Hall–Kier alpha value is -1.32. The van der Waals surface area contributed by atoms with Crippen LogP contribution in [0.2, 0.25) is 0 Å². The molecule has 2 rings (SSSR count). The maximum Gasteiger partial charge on any atom is 0.136 e. The molecule has 0 aliphatic heterocycles. The molecule has 106 valence electrons. The predicted octanol–water partition coefficient (Wildman–Crippen LogP) is 3.78. The van der Waals surface area contributed by atoms with Crippen LogP contribution in [0.3, 0.4) is 0 Å². The zero-order valence-electron chi connectivity index (χ0n) is 12.6. The van der Waals surface area contributed by atoms with Crippen molar-refractivity contribution >= 4 is 11.6 Å². The Morgan fingerprint density at radius 1 is 1.21 bits per heavy atom. The molecule has 0 bridgehead atoms. The minimum Gasteiger partial charge on any atom is -0.370 e. The standard InChI is InChI=1S/C15H26N4/c1-5-9-15(3,4)19-13-10-12(16-6-2)17-14(18-13)11-7-8-11/h10-11H,5-9H2,1-4H3,(H2,16,17,18,19). The van der Waals surface area contributed by atoms with Gasteiger partial charge in [-0.25, -0.2) is 9.97 Å². The first-order chi connectivity index (χ1) is 9.04. The molecule has 0 atom stereocenters. The third-order valence-electron chi connectivity index (χ3n) is 3.39. The molecule has 0 saturated heterocycles. The lowest BCUT2D eigenvalue weighted by Gasteiger charge is -2.26. The summed E-state index contributed by atoms with van der Waals surface area (Å²) in [6, 6.07) is 2.02. The molecule has 19 heavy (non-hydrogen) atoms. The summed E-state index contributed by atoms with van der Waals surface area (Å²) in [6.07, 6.45) is 4.76. The summed E-state index contributed by atoms with van der Waals surface area (Å²) in [7, 11) is 0. The second-order valence-corrected chi connectivity index (χ2v) is 6.06. The summed E-state index contributed by atoms with van der Waals surface area (Å²) < 4.78 is 0. The molecule has 1 aliphatic rings. The minimum absolute atomic E-state index is 0.0768. The van der Waals surface area contributed by atoms with Crippen LogP contribution in [0.25, 0.3) is 0 Å². The predicted molar refractivity (Wildman–Crippen MR) is 80.8 cm³/mol. The molecule has 0 radical (unpaired) electrons. The normalized spacial score (nSPS) is 15.4. The first-order valence-corrected chi connectivity index (χ1v) is 7.45. The van der Waals surface area contributed by atoms with E-state index < -0.39 is 0 Å². The van der Waals surface area contributed by atoms with E-state index in [4.69, 9.17) is 0 Å². The summed E-state index contributed by atoms with van der Waals surface area (Å²) in [5.41, 5.74) is 0.0768. The van der Waals surface area contributed by atoms with Crippen LogP contribution in [0.4, 0.5) is 11.6 Å². The summed E-state index contributed by atoms with van der Waals surface area (Å²) in [6.45, 7) is 9.64. The second kappa shape index (κ2) is 5.76. The van der Waals surface area contributed by atoms with Crippen molar-refractivity contribution in [2.75, 3.05) is 17.2 Å². The Bertz CT molecular complexity index is 424. The third-order valence-corrected chi connectivity index (χ3v) is 3.39. The highest BCUT2D eigenvalue weighted by molar-refractivity contribution is 5.49. The SMILES string of the molecule is CCCC(C)(C)Nc1cc(NCC)nc(C2CC2)n1. The van der Waals surface area contributed by atoms with Gasteiger partial charge in [0.15, 0.2) is 0 Å². The van der Waals surface area contributed by atoms with Gasteiger partial charge in [-0.3, -0.25) is 0 Å². The van der Waals surface area contributed by atoms with Crippen molar-refractivity contribution in [2.45, 2.75) is 64.8 Å². The first kappa shape index (κ1) is 14.1. The molecule has 1 aromatic rings. The van der Waals surface area contributed by atoms with Crippen molar-refractivity contribution in [3.8, 4) is 0 Å². The minimum atomic E-state index is 0.0768. The zero-order chi connectivity index (χ0) is 13.9. The molecular formula is C15H26N4. The molecule has 1 heterocycles. The average Bonchev–Trinajstić information content (AvgIpc) is 3.11. The number of rotatable bonds is 7. The fourth-order valence-electron chi connectivity index (χ4n) is 2.36. The highest BCUT2D eigenvalue weighted by Crippen LogP contribution is 2.39. The van der Waals surface area contributed by atoms with Gasteiger partial charge in [-0.15, -0.1) is 0 Å². The Morgan fingerprint density at radius 3 is 2.47 bits per heavy atom. The van der Waals surface area contributed by atoms with E-state index in [9.17, 15) is 0 Å². The van der Waals surface area contributed by atoms with E-state index in [1.165, 1.54) is 19.3 Å². The average molecular weight is 262 g/mol. The van der Waals surface area contributed by atoms with Crippen molar-refractivity contribution in [3.63, 3.8) is 0 Å². The maximum absolute atomic E-state index is 4.68. The van der Waals surface area contributed by atoms with Crippen molar-refractivity contribution in [3.05, 3.63) is 11.9 Å². The largest absolute Gasteiger partial charge is 0.370 e. The lowest BCUT2D eigenvalue weighted by molar-refractivity contribution is 0.508. The Labute approximate surface area is 116 Å². The van der Waals surface area contributed by atoms with Gasteiger partial charge in [-0.05, 0) is 40.0 Å². The molecule has 1 aliphatic carbocycles. The van der Waals surface area contributed by atoms with Crippen molar-refractivity contribution in [1.82, 2.24) is 9.97 Å². The monoisotopic (exact) mass is 262 g/mol. The highest BCUT2D eigenvalue weighted by atomic mass is 15.1. The molecule has 0 aromatic carbocycles. The smallest absolute Gasteiger partial charge is 0.136 e. The second-order valence-electron chi connectivity index (χ2n) is 6.06. The lowest BCUT2D eigenvalue weighted by atomic mass is 9.99. The van der Waals surface area contributed by atoms with Crippen LogP contribution in [0.15, 0.2) is 6.07 Å². The molecule has 0 amide bonds. The number of anilines is 2. The maximum atomic E-state index is 4.68. The Kier molecular flexibility index (Phi) is 4.27. The van der Waals surface area contributed by atoms with Crippen LogP contribution in [0.1, 0.15) is 65.1 Å². The molecule has 4 heteroatoms. The summed E-state index contributed by atoms with van der Waals surface area (Å²) in [4.78, 5) is 9.28. The van der Waals surface area contributed by atoms with Gasteiger partial charge in [0.25, 0.3) is 0 Å². The van der Waals surface area contributed by atoms with Crippen LogP contribution < -0.4 is 10.6 Å². The highest BCUT2D eigenvalue weighted by Gasteiger charge is 2.28. The van der Waals surface area contributed by atoms with Crippen LogP contribution in [0.5, 0.6) is 0 Å². The molecule has 4 nitrogen and oxygen atoms in total. The molecule has 1 fully saturated rings. The Morgan fingerprint density at radius 2 is 1.89 bits per heavy atom. The quantitative estimate of drug-likeness (QED) is 0.785. The van der Waals surface area contributed by atoms with Crippen molar-refractivity contribution in [2.24, 2.45) is 0 Å². The topological polar surface area (TPSA) is 49.8 Å². The lowest BCUT2D eigenvalue weighted by Crippen LogP contribution is -2.31. The Balaban J connectivity index is 2.18. The van der Waals surface area contributed by atoms with Crippen LogP contribution in [0, 0.1) is 0 Å². The van der Waals surface area contributed by atoms with E-state index in [1.807, 2.05) is 6.07 Å². The summed E-state index contributed by atoms with van der Waals surface area (Å²) in [5, 5.41) is 6.85. The van der Waals surface area contributed by atoms with Crippen molar-refractivity contribution in [1.29, 1.82) is 0 Å². The van der Waals surface area contributed by atoms with Gasteiger partial charge in [-0.1, -0.05) is 13.3 Å². The van der Waals surface area contributed by atoms with Crippen LogP contribution in [-0.4, -0.2) is 22.1 Å². The van der Waals surface area contributed by atoms with E-state index >= 15 is 0 Å². The van der Waals surface area contributed by atoms with E-state index in [1.54, 1.807) is 0 Å². The number of hydrogen-bond acceptors (Lipinski definition) is 4. The molecule has 0 spiro atoms. The molecule has 0 unspecified atom stereocenters. The van der Waals surface area contributed by atoms with Gasteiger partial charge < -0.3 is 10.6 Å². The fraction of sp³-hybridized carbons (Fsp3) is 0.733. The van der Waals surface area contributed by atoms with Gasteiger partial charge in [-0.2, -0.15) is 0 Å². The van der Waals surface area contributed by atoms with Gasteiger partial charge in [0, 0.05) is 24.1 Å². The number of nitrogens with zero attached hydrogens (tertiary/aromatic N) is 2.